The zero-order chi connectivity index (χ0) is 18.9. The lowest BCUT2D eigenvalue weighted by molar-refractivity contribution is -0.118. The van der Waals surface area contributed by atoms with Crippen LogP contribution < -0.4 is 15.4 Å². The summed E-state index contributed by atoms with van der Waals surface area (Å²) in [5.74, 6) is -0.0868. The molecule has 1 aliphatic heterocycles. The lowest BCUT2D eigenvalue weighted by Crippen LogP contribution is -2.28. The monoisotopic (exact) mass is 374 g/mol. The maximum atomic E-state index is 12.5. The smallest absolute Gasteiger partial charge is 0.262 e. The Morgan fingerprint density at radius 2 is 1.88 bits per heavy atom. The molecule has 7 nitrogen and oxygen atoms in total. The molecule has 8 heteroatoms. The predicted octanol–water partition coefficient (Wildman–Crippen LogP) is 1.91. The fourth-order valence-electron chi connectivity index (χ4n) is 2.58. The van der Waals surface area contributed by atoms with Gasteiger partial charge in [-0.25, -0.2) is 8.42 Å². The Morgan fingerprint density at radius 3 is 2.54 bits per heavy atom. The number of hydrogen-bond donors (Lipinski definition) is 2. The number of benzene rings is 2. The average molecular weight is 374 g/mol. The molecule has 2 aromatic carbocycles. The normalized spacial score (nSPS) is 14.6. The number of fused-ring (bicyclic) bond motifs is 1. The minimum absolute atomic E-state index is 0.0822. The molecule has 1 aliphatic rings. The number of amides is 2. The Labute approximate surface area is 151 Å². The largest absolute Gasteiger partial charge is 0.482 e. The molecule has 136 valence electrons. The summed E-state index contributed by atoms with van der Waals surface area (Å²) in [4.78, 5) is 24.0. The summed E-state index contributed by atoms with van der Waals surface area (Å²) in [7, 11) is -3.26. The van der Waals surface area contributed by atoms with Crippen LogP contribution in [0, 0.1) is 0 Å². The summed E-state index contributed by atoms with van der Waals surface area (Å²) in [6, 6.07) is 10.9. The van der Waals surface area contributed by atoms with Gasteiger partial charge in [0.25, 0.3) is 11.8 Å². The molecule has 0 saturated heterocycles. The maximum Gasteiger partial charge on any atom is 0.262 e. The van der Waals surface area contributed by atoms with Crippen molar-refractivity contribution < 1.29 is 22.7 Å². The average Bonchev–Trinajstić information content (AvgIpc) is 2.60. The number of carbonyl (C=O) groups is 2. The standard InChI is InChI=1S/C18H18N2O5S/c1-11(12-3-6-14(7-4-12)26(2,23)24)19-18(22)13-5-8-15-16(9-13)25-10-17(21)20-15/h3-9,11H,10H2,1-2H3,(H,19,22)(H,20,21)/t11-/m1/s1. The molecule has 26 heavy (non-hydrogen) atoms. The number of sulfone groups is 1. The van der Waals surface area contributed by atoms with Gasteiger partial charge in [0.1, 0.15) is 5.75 Å². The summed E-state index contributed by atoms with van der Waals surface area (Å²) < 4.78 is 28.3. The fourth-order valence-corrected chi connectivity index (χ4v) is 3.21. The van der Waals surface area contributed by atoms with Gasteiger partial charge in [-0.15, -0.1) is 0 Å². The van der Waals surface area contributed by atoms with Crippen molar-refractivity contribution in [1.29, 1.82) is 0 Å². The van der Waals surface area contributed by atoms with E-state index in [9.17, 15) is 18.0 Å². The molecule has 1 heterocycles. The van der Waals surface area contributed by atoms with Crippen molar-refractivity contribution >= 4 is 27.3 Å². The summed E-state index contributed by atoms with van der Waals surface area (Å²) >= 11 is 0. The summed E-state index contributed by atoms with van der Waals surface area (Å²) in [6.07, 6.45) is 1.15. The van der Waals surface area contributed by atoms with Crippen LogP contribution in [0.3, 0.4) is 0 Å². The van der Waals surface area contributed by atoms with Gasteiger partial charge in [-0.05, 0) is 42.8 Å². The van der Waals surface area contributed by atoms with Crippen molar-refractivity contribution in [3.05, 3.63) is 53.6 Å². The van der Waals surface area contributed by atoms with E-state index in [1.807, 2.05) is 6.92 Å². The zero-order valence-corrected chi connectivity index (χ0v) is 15.1. The van der Waals surface area contributed by atoms with E-state index in [1.54, 1.807) is 30.3 Å². The second kappa shape index (κ2) is 6.80. The third-order valence-electron chi connectivity index (χ3n) is 4.03. The highest BCUT2D eigenvalue weighted by molar-refractivity contribution is 7.90. The van der Waals surface area contributed by atoms with Gasteiger partial charge in [0.05, 0.1) is 16.6 Å². The van der Waals surface area contributed by atoms with E-state index in [1.165, 1.54) is 12.1 Å². The van der Waals surface area contributed by atoms with E-state index in [-0.39, 0.29) is 29.4 Å². The predicted molar refractivity (Wildman–Crippen MR) is 96.0 cm³/mol. The van der Waals surface area contributed by atoms with Crippen LogP contribution in [-0.4, -0.2) is 33.1 Å². The topological polar surface area (TPSA) is 102 Å². The second-order valence-electron chi connectivity index (χ2n) is 6.08. The molecule has 0 saturated carbocycles. The maximum absolute atomic E-state index is 12.5. The molecule has 2 N–H and O–H groups in total. The SMILES string of the molecule is C[C@@H](NC(=O)c1ccc2c(c1)OCC(=O)N2)c1ccc(S(C)(=O)=O)cc1. The third kappa shape index (κ3) is 3.85. The molecule has 0 aliphatic carbocycles. The van der Waals surface area contributed by atoms with Gasteiger partial charge in [0.15, 0.2) is 16.4 Å². The number of nitrogens with one attached hydrogen (secondary N) is 2. The zero-order valence-electron chi connectivity index (χ0n) is 14.3. The molecule has 0 bridgehead atoms. The Balaban J connectivity index is 1.72. The van der Waals surface area contributed by atoms with Gasteiger partial charge >= 0.3 is 0 Å². The van der Waals surface area contributed by atoms with Crippen LogP contribution in [0.4, 0.5) is 5.69 Å². The van der Waals surface area contributed by atoms with Crippen molar-refractivity contribution in [2.75, 3.05) is 18.2 Å². The summed E-state index contributed by atoms with van der Waals surface area (Å²) in [5, 5.41) is 5.52. The molecule has 0 spiro atoms. The van der Waals surface area contributed by atoms with E-state index in [0.29, 0.717) is 17.0 Å². The minimum Gasteiger partial charge on any atom is -0.482 e. The van der Waals surface area contributed by atoms with Crippen molar-refractivity contribution in [1.82, 2.24) is 5.32 Å². The van der Waals surface area contributed by atoms with Crippen molar-refractivity contribution in [3.8, 4) is 5.75 Å². The van der Waals surface area contributed by atoms with Crippen LogP contribution in [-0.2, 0) is 14.6 Å². The highest BCUT2D eigenvalue weighted by Crippen LogP contribution is 2.28. The fraction of sp³-hybridized carbons (Fsp3) is 0.222. The molecule has 0 radical (unpaired) electrons. The molecular formula is C18H18N2O5S. The molecule has 0 aromatic heterocycles. The molecule has 3 rings (SSSR count). The minimum atomic E-state index is -3.26. The van der Waals surface area contributed by atoms with E-state index in [2.05, 4.69) is 10.6 Å². The quantitative estimate of drug-likeness (QED) is 0.851. The molecule has 0 unspecified atom stereocenters. The van der Waals surface area contributed by atoms with Crippen LogP contribution in [0.1, 0.15) is 28.9 Å². The first kappa shape index (κ1) is 17.9. The highest BCUT2D eigenvalue weighted by Gasteiger charge is 2.19. The Morgan fingerprint density at radius 1 is 1.19 bits per heavy atom. The van der Waals surface area contributed by atoms with Crippen LogP contribution in [0.15, 0.2) is 47.4 Å². The number of rotatable bonds is 4. The summed E-state index contributed by atoms with van der Waals surface area (Å²) in [5.41, 5.74) is 1.72. The van der Waals surface area contributed by atoms with Crippen LogP contribution in [0.25, 0.3) is 0 Å². The lowest BCUT2D eigenvalue weighted by atomic mass is 10.1. The van der Waals surface area contributed by atoms with Gasteiger partial charge < -0.3 is 15.4 Å². The van der Waals surface area contributed by atoms with Crippen molar-refractivity contribution in [2.45, 2.75) is 17.9 Å². The van der Waals surface area contributed by atoms with Gasteiger partial charge in [0.2, 0.25) is 0 Å². The first-order valence-corrected chi connectivity index (χ1v) is 9.81. The Kier molecular flexibility index (Phi) is 4.69. The Hall–Kier alpha value is -2.87. The van der Waals surface area contributed by atoms with Gasteiger partial charge in [0, 0.05) is 11.8 Å². The van der Waals surface area contributed by atoms with Crippen LogP contribution >= 0.6 is 0 Å². The van der Waals surface area contributed by atoms with Gasteiger partial charge in [-0.2, -0.15) is 0 Å². The number of hydrogen-bond acceptors (Lipinski definition) is 5. The van der Waals surface area contributed by atoms with Gasteiger partial charge in [-0.1, -0.05) is 12.1 Å². The molecular weight excluding hydrogens is 356 g/mol. The molecule has 2 aromatic rings. The van der Waals surface area contributed by atoms with E-state index in [4.69, 9.17) is 4.74 Å². The van der Waals surface area contributed by atoms with Crippen LogP contribution in [0.2, 0.25) is 0 Å². The van der Waals surface area contributed by atoms with E-state index < -0.39 is 9.84 Å². The molecule has 1 atom stereocenters. The van der Waals surface area contributed by atoms with Crippen LogP contribution in [0.5, 0.6) is 5.75 Å². The Bertz CT molecular complexity index is 968. The van der Waals surface area contributed by atoms with E-state index >= 15 is 0 Å². The lowest BCUT2D eigenvalue weighted by Gasteiger charge is -2.19. The molecule has 0 fully saturated rings. The number of ether oxygens (including phenoxy) is 1. The highest BCUT2D eigenvalue weighted by atomic mass is 32.2. The van der Waals surface area contributed by atoms with E-state index in [0.717, 1.165) is 11.8 Å². The number of anilines is 1. The first-order chi connectivity index (χ1) is 12.2. The summed E-state index contributed by atoms with van der Waals surface area (Å²) in [6.45, 7) is 1.73. The second-order valence-corrected chi connectivity index (χ2v) is 8.10. The third-order valence-corrected chi connectivity index (χ3v) is 5.16. The van der Waals surface area contributed by atoms with Gasteiger partial charge in [-0.3, -0.25) is 9.59 Å². The van der Waals surface area contributed by atoms with Crippen molar-refractivity contribution in [3.63, 3.8) is 0 Å². The number of carbonyl (C=O) groups excluding carboxylic acids is 2. The van der Waals surface area contributed by atoms with Crippen molar-refractivity contribution in [2.24, 2.45) is 0 Å². The molecule has 2 amide bonds. The first-order valence-electron chi connectivity index (χ1n) is 7.91.